The predicted molar refractivity (Wildman–Crippen MR) is 67.1 cm³/mol. The smallest absolute Gasteiger partial charge is 0.126 e. The summed E-state index contributed by atoms with van der Waals surface area (Å²) in [4.78, 5) is 0. The Hall–Kier alpha value is -0.890. The monoisotopic (exact) mass is 223 g/mol. The van der Waals surface area contributed by atoms with Crippen molar-refractivity contribution in [3.63, 3.8) is 0 Å². The third-order valence-electron chi connectivity index (χ3n) is 2.90. The van der Waals surface area contributed by atoms with Gasteiger partial charge in [0.15, 0.2) is 0 Å². The standard InChI is InChI=1S/C14H22FN/c1-4-6-7-14(16-5-2)12-9-8-11(3)13(15)10-12/h8-10,14,16H,4-7H2,1-3H3. The summed E-state index contributed by atoms with van der Waals surface area (Å²) in [6, 6.07) is 5.85. The topological polar surface area (TPSA) is 12.0 Å². The van der Waals surface area contributed by atoms with Crippen LogP contribution in [-0.4, -0.2) is 6.54 Å². The van der Waals surface area contributed by atoms with E-state index in [-0.39, 0.29) is 5.82 Å². The molecule has 1 unspecified atom stereocenters. The summed E-state index contributed by atoms with van der Waals surface area (Å²) in [7, 11) is 0. The average molecular weight is 223 g/mol. The van der Waals surface area contributed by atoms with E-state index in [2.05, 4.69) is 19.2 Å². The molecule has 1 N–H and O–H groups in total. The SMILES string of the molecule is CCCCC(NCC)c1ccc(C)c(F)c1. The molecule has 0 radical (unpaired) electrons. The molecule has 0 spiro atoms. The summed E-state index contributed by atoms with van der Waals surface area (Å²) in [6.07, 6.45) is 3.43. The molecule has 0 aliphatic heterocycles. The van der Waals surface area contributed by atoms with Gasteiger partial charge < -0.3 is 5.32 Å². The molecular weight excluding hydrogens is 201 g/mol. The van der Waals surface area contributed by atoms with Crippen molar-refractivity contribution in [3.8, 4) is 0 Å². The third kappa shape index (κ3) is 3.60. The Morgan fingerprint density at radius 2 is 2.06 bits per heavy atom. The fraction of sp³-hybridized carbons (Fsp3) is 0.571. The summed E-state index contributed by atoms with van der Waals surface area (Å²) < 4.78 is 13.5. The first-order valence-electron chi connectivity index (χ1n) is 6.18. The zero-order valence-electron chi connectivity index (χ0n) is 10.5. The molecule has 0 aromatic heterocycles. The highest BCUT2D eigenvalue weighted by atomic mass is 19.1. The molecule has 1 nitrogen and oxygen atoms in total. The van der Waals surface area contributed by atoms with Gasteiger partial charge in [-0.1, -0.05) is 38.8 Å². The molecule has 0 aliphatic rings. The highest BCUT2D eigenvalue weighted by molar-refractivity contribution is 5.25. The van der Waals surface area contributed by atoms with Gasteiger partial charge in [0.05, 0.1) is 0 Å². The van der Waals surface area contributed by atoms with Crippen LogP contribution in [0.3, 0.4) is 0 Å². The van der Waals surface area contributed by atoms with E-state index in [0.29, 0.717) is 6.04 Å². The summed E-state index contributed by atoms with van der Waals surface area (Å²) in [5, 5.41) is 3.41. The minimum Gasteiger partial charge on any atom is -0.310 e. The number of halogens is 1. The zero-order valence-corrected chi connectivity index (χ0v) is 10.5. The van der Waals surface area contributed by atoms with E-state index in [0.717, 1.165) is 24.1 Å². The van der Waals surface area contributed by atoms with Crippen molar-refractivity contribution in [2.45, 2.75) is 46.1 Å². The molecule has 0 saturated heterocycles. The summed E-state index contributed by atoms with van der Waals surface area (Å²) in [5.74, 6) is -0.100. The molecule has 2 heteroatoms. The number of benzene rings is 1. The van der Waals surface area contributed by atoms with Crippen LogP contribution in [0.2, 0.25) is 0 Å². The number of hydrogen-bond donors (Lipinski definition) is 1. The van der Waals surface area contributed by atoms with Crippen LogP contribution in [0.4, 0.5) is 4.39 Å². The second-order valence-electron chi connectivity index (χ2n) is 4.26. The number of hydrogen-bond acceptors (Lipinski definition) is 1. The van der Waals surface area contributed by atoms with Crippen molar-refractivity contribution in [2.24, 2.45) is 0 Å². The summed E-state index contributed by atoms with van der Waals surface area (Å²) in [6.45, 7) is 6.99. The number of nitrogens with one attached hydrogen (secondary N) is 1. The zero-order chi connectivity index (χ0) is 12.0. The lowest BCUT2D eigenvalue weighted by atomic mass is 10.00. The summed E-state index contributed by atoms with van der Waals surface area (Å²) >= 11 is 0. The molecule has 0 heterocycles. The maximum atomic E-state index is 13.5. The van der Waals surface area contributed by atoms with Gasteiger partial charge >= 0.3 is 0 Å². The first kappa shape index (κ1) is 13.2. The van der Waals surface area contributed by atoms with Gasteiger partial charge in [0.1, 0.15) is 5.82 Å². The minimum absolute atomic E-state index is 0.100. The van der Waals surface area contributed by atoms with Gasteiger partial charge in [-0.05, 0) is 37.1 Å². The average Bonchev–Trinajstić information content (AvgIpc) is 2.28. The highest BCUT2D eigenvalue weighted by Gasteiger charge is 2.10. The van der Waals surface area contributed by atoms with E-state index in [9.17, 15) is 4.39 Å². The fourth-order valence-corrected chi connectivity index (χ4v) is 1.87. The Balaban J connectivity index is 2.78. The normalized spacial score (nSPS) is 12.8. The molecule has 0 fully saturated rings. The molecule has 16 heavy (non-hydrogen) atoms. The molecule has 0 aliphatic carbocycles. The minimum atomic E-state index is -0.100. The van der Waals surface area contributed by atoms with Crippen LogP contribution in [0.15, 0.2) is 18.2 Å². The van der Waals surface area contributed by atoms with E-state index in [1.165, 1.54) is 12.8 Å². The maximum absolute atomic E-state index is 13.5. The van der Waals surface area contributed by atoms with Gasteiger partial charge in [0.2, 0.25) is 0 Å². The van der Waals surface area contributed by atoms with Crippen LogP contribution in [-0.2, 0) is 0 Å². The van der Waals surface area contributed by atoms with Crippen LogP contribution >= 0.6 is 0 Å². The van der Waals surface area contributed by atoms with E-state index in [1.54, 1.807) is 13.0 Å². The van der Waals surface area contributed by atoms with Gasteiger partial charge in [0.25, 0.3) is 0 Å². The molecular formula is C14H22FN. The van der Waals surface area contributed by atoms with Crippen molar-refractivity contribution in [1.82, 2.24) is 5.32 Å². The number of aryl methyl sites for hydroxylation is 1. The molecule has 0 bridgehead atoms. The van der Waals surface area contributed by atoms with Crippen molar-refractivity contribution < 1.29 is 4.39 Å². The van der Waals surface area contributed by atoms with Crippen LogP contribution in [0, 0.1) is 12.7 Å². The second-order valence-corrected chi connectivity index (χ2v) is 4.26. The number of unbranched alkanes of at least 4 members (excludes halogenated alkanes) is 1. The van der Waals surface area contributed by atoms with Crippen LogP contribution < -0.4 is 5.32 Å². The molecule has 1 aromatic rings. The Labute approximate surface area is 98.1 Å². The maximum Gasteiger partial charge on any atom is 0.126 e. The molecule has 1 rings (SSSR count). The van der Waals surface area contributed by atoms with Crippen LogP contribution in [0.25, 0.3) is 0 Å². The number of rotatable bonds is 6. The first-order chi connectivity index (χ1) is 7.69. The lowest BCUT2D eigenvalue weighted by molar-refractivity contribution is 0.491. The quantitative estimate of drug-likeness (QED) is 0.769. The summed E-state index contributed by atoms with van der Waals surface area (Å²) in [5.41, 5.74) is 1.79. The molecule has 0 saturated carbocycles. The Morgan fingerprint density at radius 1 is 1.31 bits per heavy atom. The van der Waals surface area contributed by atoms with Crippen molar-refractivity contribution in [2.75, 3.05) is 6.54 Å². The van der Waals surface area contributed by atoms with Gasteiger partial charge in [-0.2, -0.15) is 0 Å². The highest BCUT2D eigenvalue weighted by Crippen LogP contribution is 2.21. The lowest BCUT2D eigenvalue weighted by Gasteiger charge is -2.18. The van der Waals surface area contributed by atoms with E-state index >= 15 is 0 Å². The van der Waals surface area contributed by atoms with Crippen molar-refractivity contribution in [3.05, 3.63) is 35.1 Å². The van der Waals surface area contributed by atoms with Crippen molar-refractivity contribution >= 4 is 0 Å². The van der Waals surface area contributed by atoms with Gasteiger partial charge in [-0.25, -0.2) is 4.39 Å². The Morgan fingerprint density at radius 3 is 2.62 bits per heavy atom. The predicted octanol–water partition coefficient (Wildman–Crippen LogP) is 3.97. The van der Waals surface area contributed by atoms with Gasteiger partial charge in [0, 0.05) is 6.04 Å². The molecule has 90 valence electrons. The molecule has 1 atom stereocenters. The van der Waals surface area contributed by atoms with Crippen LogP contribution in [0.1, 0.15) is 50.3 Å². The third-order valence-corrected chi connectivity index (χ3v) is 2.90. The lowest BCUT2D eigenvalue weighted by Crippen LogP contribution is -2.21. The van der Waals surface area contributed by atoms with Gasteiger partial charge in [-0.15, -0.1) is 0 Å². The molecule has 0 amide bonds. The van der Waals surface area contributed by atoms with Gasteiger partial charge in [-0.3, -0.25) is 0 Å². The van der Waals surface area contributed by atoms with E-state index in [1.807, 2.05) is 12.1 Å². The van der Waals surface area contributed by atoms with Crippen molar-refractivity contribution in [1.29, 1.82) is 0 Å². The van der Waals surface area contributed by atoms with Crippen LogP contribution in [0.5, 0.6) is 0 Å². The Bertz CT molecular complexity index is 323. The largest absolute Gasteiger partial charge is 0.310 e. The molecule has 1 aromatic carbocycles. The Kier molecular flexibility index (Phi) is 5.47. The first-order valence-corrected chi connectivity index (χ1v) is 6.18. The fourth-order valence-electron chi connectivity index (χ4n) is 1.87. The van der Waals surface area contributed by atoms with E-state index in [4.69, 9.17) is 0 Å². The van der Waals surface area contributed by atoms with E-state index < -0.39 is 0 Å². The second kappa shape index (κ2) is 6.64.